The van der Waals surface area contributed by atoms with E-state index in [1.807, 2.05) is 19.9 Å². The van der Waals surface area contributed by atoms with Crippen LogP contribution in [-0.4, -0.2) is 43.5 Å². The summed E-state index contributed by atoms with van der Waals surface area (Å²) in [7, 11) is -3.12. The van der Waals surface area contributed by atoms with Crippen molar-refractivity contribution in [3.8, 4) is 0 Å². The number of piperidine rings is 1. The summed E-state index contributed by atoms with van der Waals surface area (Å²) in [6, 6.07) is 2.00. The second-order valence-corrected chi connectivity index (χ2v) is 9.26. The first-order valence-electron chi connectivity index (χ1n) is 8.25. The van der Waals surface area contributed by atoms with Gasteiger partial charge in [-0.05, 0) is 44.2 Å². The fraction of sp³-hybridized carbons (Fsp3) is 0.688. The monoisotopic (exact) mass is 358 g/mol. The summed E-state index contributed by atoms with van der Waals surface area (Å²) in [5, 5.41) is 3.05. The number of thiophene rings is 1. The molecule has 23 heavy (non-hydrogen) atoms. The van der Waals surface area contributed by atoms with E-state index in [2.05, 4.69) is 12.2 Å². The van der Waals surface area contributed by atoms with Crippen molar-refractivity contribution in [2.45, 2.75) is 52.5 Å². The third-order valence-corrected chi connectivity index (χ3v) is 7.67. The van der Waals surface area contributed by atoms with Gasteiger partial charge in [0, 0.05) is 24.0 Å². The molecule has 2 heterocycles. The van der Waals surface area contributed by atoms with E-state index in [1.165, 1.54) is 10.4 Å². The van der Waals surface area contributed by atoms with Gasteiger partial charge in [-0.15, -0.1) is 11.3 Å². The van der Waals surface area contributed by atoms with Crippen molar-refractivity contribution in [2.24, 2.45) is 0 Å². The van der Waals surface area contributed by atoms with E-state index in [4.69, 9.17) is 0 Å². The van der Waals surface area contributed by atoms with Crippen LogP contribution in [0.5, 0.6) is 0 Å². The molecule has 0 saturated carbocycles. The SMILES string of the molecule is CCCS(=O)(=O)N1CCC(NC(=O)c2cc(C)c(CC)s2)CC1. The zero-order valence-corrected chi connectivity index (χ0v) is 15.7. The summed E-state index contributed by atoms with van der Waals surface area (Å²) in [5.74, 6) is 0.172. The van der Waals surface area contributed by atoms with E-state index >= 15 is 0 Å². The molecule has 1 aliphatic heterocycles. The Hall–Kier alpha value is -0.920. The zero-order chi connectivity index (χ0) is 17.0. The van der Waals surface area contributed by atoms with Gasteiger partial charge in [-0.3, -0.25) is 4.79 Å². The molecular weight excluding hydrogens is 332 g/mol. The maximum atomic E-state index is 12.3. The van der Waals surface area contributed by atoms with Gasteiger partial charge in [-0.25, -0.2) is 12.7 Å². The van der Waals surface area contributed by atoms with Gasteiger partial charge in [0.15, 0.2) is 0 Å². The summed E-state index contributed by atoms with van der Waals surface area (Å²) in [6.07, 6.45) is 2.94. The minimum absolute atomic E-state index is 0.0346. The number of hydrogen-bond acceptors (Lipinski definition) is 4. The highest BCUT2D eigenvalue weighted by Crippen LogP contribution is 2.23. The first-order valence-corrected chi connectivity index (χ1v) is 10.7. The van der Waals surface area contributed by atoms with Crippen LogP contribution in [0, 0.1) is 6.92 Å². The van der Waals surface area contributed by atoms with Gasteiger partial charge >= 0.3 is 0 Å². The highest BCUT2D eigenvalue weighted by atomic mass is 32.2. The molecule has 5 nitrogen and oxygen atoms in total. The maximum absolute atomic E-state index is 12.3. The molecule has 1 aromatic rings. The third kappa shape index (κ3) is 4.55. The summed E-state index contributed by atoms with van der Waals surface area (Å²) < 4.78 is 25.7. The number of sulfonamides is 1. The first-order chi connectivity index (χ1) is 10.9. The lowest BCUT2D eigenvalue weighted by atomic mass is 10.1. The van der Waals surface area contributed by atoms with Crippen molar-refractivity contribution >= 4 is 27.3 Å². The molecule has 0 spiro atoms. The minimum atomic E-state index is -3.12. The maximum Gasteiger partial charge on any atom is 0.261 e. The zero-order valence-electron chi connectivity index (χ0n) is 14.1. The van der Waals surface area contributed by atoms with Crippen molar-refractivity contribution in [1.29, 1.82) is 0 Å². The normalized spacial score (nSPS) is 17.3. The Kier molecular flexibility index (Phi) is 6.22. The predicted molar refractivity (Wildman–Crippen MR) is 94.6 cm³/mol. The fourth-order valence-electron chi connectivity index (χ4n) is 2.90. The van der Waals surface area contributed by atoms with E-state index in [0.29, 0.717) is 32.4 Å². The summed E-state index contributed by atoms with van der Waals surface area (Å²) in [5.41, 5.74) is 1.17. The Bertz CT molecular complexity index is 644. The van der Waals surface area contributed by atoms with Gasteiger partial charge in [-0.2, -0.15) is 0 Å². The molecule has 1 aliphatic rings. The van der Waals surface area contributed by atoms with Crippen molar-refractivity contribution in [3.05, 3.63) is 21.4 Å². The molecule has 2 rings (SSSR count). The number of hydrogen-bond donors (Lipinski definition) is 1. The van der Waals surface area contributed by atoms with Gasteiger partial charge in [0.1, 0.15) is 0 Å². The average Bonchev–Trinajstić information content (AvgIpc) is 2.89. The van der Waals surface area contributed by atoms with E-state index in [0.717, 1.165) is 11.3 Å². The highest BCUT2D eigenvalue weighted by molar-refractivity contribution is 7.89. The summed E-state index contributed by atoms with van der Waals surface area (Å²) in [6.45, 7) is 6.99. The number of rotatable bonds is 6. The van der Waals surface area contributed by atoms with Crippen LogP contribution >= 0.6 is 11.3 Å². The molecule has 1 N–H and O–H groups in total. The van der Waals surface area contributed by atoms with Gasteiger partial charge in [0.2, 0.25) is 10.0 Å². The predicted octanol–water partition coefficient (Wildman–Crippen LogP) is 2.55. The Balaban J connectivity index is 1.90. The van der Waals surface area contributed by atoms with E-state index in [1.54, 1.807) is 15.6 Å². The number of carbonyl (C=O) groups is 1. The first kappa shape index (κ1) is 18.4. The molecular formula is C16H26N2O3S2. The lowest BCUT2D eigenvalue weighted by Gasteiger charge is -2.31. The van der Waals surface area contributed by atoms with Crippen LogP contribution in [0.4, 0.5) is 0 Å². The number of nitrogens with zero attached hydrogens (tertiary/aromatic N) is 1. The second-order valence-electron chi connectivity index (χ2n) is 6.03. The number of nitrogens with one attached hydrogen (secondary N) is 1. The van der Waals surface area contributed by atoms with Crippen molar-refractivity contribution < 1.29 is 13.2 Å². The molecule has 0 aliphatic carbocycles. The lowest BCUT2D eigenvalue weighted by Crippen LogP contribution is -2.46. The van der Waals surface area contributed by atoms with Crippen LogP contribution in [0.25, 0.3) is 0 Å². The molecule has 7 heteroatoms. The topological polar surface area (TPSA) is 66.5 Å². The Morgan fingerprint density at radius 2 is 2.00 bits per heavy atom. The number of carbonyl (C=O) groups excluding carboxylic acids is 1. The van der Waals surface area contributed by atoms with Crippen molar-refractivity contribution in [1.82, 2.24) is 9.62 Å². The highest BCUT2D eigenvalue weighted by Gasteiger charge is 2.28. The standard InChI is InChI=1S/C16H26N2O3S2/c1-4-10-23(20,21)18-8-6-13(7-9-18)17-16(19)15-11-12(3)14(5-2)22-15/h11,13H,4-10H2,1-3H3,(H,17,19). The molecule has 0 atom stereocenters. The van der Waals surface area contributed by atoms with Crippen molar-refractivity contribution in [2.75, 3.05) is 18.8 Å². The number of amides is 1. The van der Waals surface area contributed by atoms with Gasteiger partial charge < -0.3 is 5.32 Å². The fourth-order valence-corrected chi connectivity index (χ4v) is 5.46. The molecule has 0 unspecified atom stereocenters. The van der Waals surface area contributed by atoms with Gasteiger partial charge in [0.25, 0.3) is 5.91 Å². The van der Waals surface area contributed by atoms with Crippen LogP contribution in [0.3, 0.4) is 0 Å². The van der Waals surface area contributed by atoms with E-state index < -0.39 is 10.0 Å². The van der Waals surface area contributed by atoms with E-state index in [9.17, 15) is 13.2 Å². The summed E-state index contributed by atoms with van der Waals surface area (Å²) >= 11 is 1.55. The smallest absolute Gasteiger partial charge is 0.261 e. The van der Waals surface area contributed by atoms with Crippen LogP contribution in [0.2, 0.25) is 0 Å². The molecule has 0 aromatic carbocycles. The molecule has 1 saturated heterocycles. The van der Waals surface area contributed by atoms with E-state index in [-0.39, 0.29) is 17.7 Å². The Morgan fingerprint density at radius 3 is 2.52 bits per heavy atom. The molecule has 130 valence electrons. The molecule has 1 fully saturated rings. The second kappa shape index (κ2) is 7.77. The molecule has 0 bridgehead atoms. The summed E-state index contributed by atoms with van der Waals surface area (Å²) in [4.78, 5) is 14.3. The van der Waals surface area contributed by atoms with Crippen molar-refractivity contribution in [3.63, 3.8) is 0 Å². The lowest BCUT2D eigenvalue weighted by molar-refractivity contribution is 0.0928. The third-order valence-electron chi connectivity index (χ3n) is 4.21. The minimum Gasteiger partial charge on any atom is -0.349 e. The Morgan fingerprint density at radius 1 is 1.35 bits per heavy atom. The molecule has 1 amide bonds. The van der Waals surface area contributed by atoms with Crippen LogP contribution in [-0.2, 0) is 16.4 Å². The largest absolute Gasteiger partial charge is 0.349 e. The van der Waals surface area contributed by atoms with Gasteiger partial charge in [0.05, 0.1) is 10.6 Å². The van der Waals surface area contributed by atoms with Gasteiger partial charge in [-0.1, -0.05) is 13.8 Å². The molecule has 1 aromatic heterocycles. The quantitative estimate of drug-likeness (QED) is 0.850. The van der Waals surface area contributed by atoms with Crippen LogP contribution in [0.1, 0.15) is 53.2 Å². The number of aryl methyl sites for hydroxylation is 2. The van der Waals surface area contributed by atoms with Crippen LogP contribution in [0.15, 0.2) is 6.07 Å². The molecule has 0 radical (unpaired) electrons. The van der Waals surface area contributed by atoms with Crippen LogP contribution < -0.4 is 5.32 Å². The Labute approximate surface area is 143 Å². The average molecular weight is 359 g/mol.